The summed E-state index contributed by atoms with van der Waals surface area (Å²) in [6.45, 7) is 0. The van der Waals surface area contributed by atoms with Gasteiger partial charge in [-0.15, -0.1) is 0 Å². The van der Waals surface area contributed by atoms with Crippen molar-refractivity contribution in [3.8, 4) is 23.0 Å². The van der Waals surface area contributed by atoms with E-state index in [1.807, 2.05) is 30.3 Å². The molecule has 1 aliphatic heterocycles. The first-order valence-electron chi connectivity index (χ1n) is 9.70. The molecule has 0 spiro atoms. The van der Waals surface area contributed by atoms with Gasteiger partial charge in [-0.05, 0) is 36.4 Å². The number of carbonyl (C=O) groups excluding carboxylic acids is 2. The molecule has 0 radical (unpaired) electrons. The molecule has 32 heavy (non-hydrogen) atoms. The Kier molecular flexibility index (Phi) is 6.18. The Morgan fingerprint density at radius 1 is 0.844 bits per heavy atom. The number of hydrogen-bond donors (Lipinski definition) is 0. The molecule has 0 saturated heterocycles. The molecule has 4 rings (SSSR count). The molecule has 1 heterocycles. The van der Waals surface area contributed by atoms with Crippen molar-refractivity contribution in [2.45, 2.75) is 4.90 Å². The third-order valence-electron chi connectivity index (χ3n) is 4.88. The predicted molar refractivity (Wildman–Crippen MR) is 122 cm³/mol. The van der Waals surface area contributed by atoms with Gasteiger partial charge in [0.25, 0.3) is 0 Å². The van der Waals surface area contributed by atoms with Gasteiger partial charge in [0.1, 0.15) is 5.75 Å². The molecule has 6 nitrogen and oxygen atoms in total. The van der Waals surface area contributed by atoms with Gasteiger partial charge in [0.2, 0.25) is 11.5 Å². The molecule has 0 N–H and O–H groups in total. The van der Waals surface area contributed by atoms with Gasteiger partial charge >= 0.3 is 5.97 Å². The Balaban J connectivity index is 1.64. The SMILES string of the molecule is COc1cc(C(=O)Oc2ccccc2/C=C2\Sc3ccccc3C2=O)cc(OC)c1OC. The van der Waals surface area contributed by atoms with Gasteiger partial charge in [-0.1, -0.05) is 42.1 Å². The molecule has 1 aliphatic rings. The lowest BCUT2D eigenvalue weighted by Gasteiger charge is -2.14. The molecule has 3 aromatic rings. The summed E-state index contributed by atoms with van der Waals surface area (Å²) in [6, 6.07) is 17.6. The zero-order valence-electron chi connectivity index (χ0n) is 17.7. The van der Waals surface area contributed by atoms with Crippen molar-refractivity contribution >= 4 is 29.6 Å². The molecule has 0 aromatic heterocycles. The van der Waals surface area contributed by atoms with Gasteiger partial charge in [-0.3, -0.25) is 4.79 Å². The van der Waals surface area contributed by atoms with Crippen LogP contribution in [0, 0.1) is 0 Å². The lowest BCUT2D eigenvalue weighted by Crippen LogP contribution is -2.10. The van der Waals surface area contributed by atoms with Crippen LogP contribution >= 0.6 is 11.8 Å². The lowest BCUT2D eigenvalue weighted by molar-refractivity contribution is 0.0733. The minimum absolute atomic E-state index is 0.0450. The number of Topliss-reactive ketones (excluding diaryl/α,β-unsaturated/α-hetero) is 1. The maximum atomic E-state index is 12.9. The zero-order chi connectivity index (χ0) is 22.7. The van der Waals surface area contributed by atoms with Crippen LogP contribution < -0.4 is 18.9 Å². The van der Waals surface area contributed by atoms with E-state index in [1.54, 1.807) is 24.3 Å². The molecule has 3 aromatic carbocycles. The quantitative estimate of drug-likeness (QED) is 0.289. The fraction of sp³-hybridized carbons (Fsp3) is 0.120. The van der Waals surface area contributed by atoms with Crippen LogP contribution in [0.5, 0.6) is 23.0 Å². The highest BCUT2D eigenvalue weighted by atomic mass is 32.2. The molecule has 162 valence electrons. The number of para-hydroxylation sites is 1. The van der Waals surface area contributed by atoms with Gasteiger partial charge < -0.3 is 18.9 Å². The minimum atomic E-state index is -0.594. The number of carbonyl (C=O) groups is 2. The maximum absolute atomic E-state index is 12.9. The summed E-state index contributed by atoms with van der Waals surface area (Å²) in [4.78, 5) is 27.1. The molecule has 0 bridgehead atoms. The van der Waals surface area contributed by atoms with Crippen molar-refractivity contribution in [3.05, 3.63) is 82.3 Å². The second kappa shape index (κ2) is 9.20. The van der Waals surface area contributed by atoms with Crippen molar-refractivity contribution in [2.75, 3.05) is 21.3 Å². The Morgan fingerprint density at radius 3 is 2.16 bits per heavy atom. The summed E-state index contributed by atoms with van der Waals surface area (Å²) in [5.41, 5.74) is 1.54. The topological polar surface area (TPSA) is 71.1 Å². The van der Waals surface area contributed by atoms with Crippen LogP contribution in [0.1, 0.15) is 26.3 Å². The van der Waals surface area contributed by atoms with Crippen LogP contribution in [-0.4, -0.2) is 33.1 Å². The average molecular weight is 448 g/mol. The van der Waals surface area contributed by atoms with Crippen molar-refractivity contribution in [1.29, 1.82) is 0 Å². The third-order valence-corrected chi connectivity index (χ3v) is 5.98. The predicted octanol–water partition coefficient (Wildman–Crippen LogP) is 5.26. The molecular formula is C25H20O6S. The van der Waals surface area contributed by atoms with E-state index in [2.05, 4.69) is 0 Å². The minimum Gasteiger partial charge on any atom is -0.493 e. The maximum Gasteiger partial charge on any atom is 0.343 e. The smallest absolute Gasteiger partial charge is 0.343 e. The first-order chi connectivity index (χ1) is 15.5. The summed E-state index contributed by atoms with van der Waals surface area (Å²) in [6.07, 6.45) is 1.74. The van der Waals surface area contributed by atoms with E-state index in [0.29, 0.717) is 39.0 Å². The second-order valence-electron chi connectivity index (χ2n) is 6.78. The van der Waals surface area contributed by atoms with Crippen molar-refractivity contribution in [3.63, 3.8) is 0 Å². The van der Waals surface area contributed by atoms with E-state index >= 15 is 0 Å². The van der Waals surface area contributed by atoms with Crippen LogP contribution in [0.2, 0.25) is 0 Å². The molecular weight excluding hydrogens is 428 g/mol. The first-order valence-corrected chi connectivity index (χ1v) is 10.5. The summed E-state index contributed by atoms with van der Waals surface area (Å²) in [5, 5.41) is 0. The number of rotatable bonds is 6. The Morgan fingerprint density at radius 2 is 1.50 bits per heavy atom. The summed E-state index contributed by atoms with van der Waals surface area (Å²) in [7, 11) is 4.44. The largest absolute Gasteiger partial charge is 0.493 e. The fourth-order valence-corrected chi connectivity index (χ4v) is 4.37. The zero-order valence-corrected chi connectivity index (χ0v) is 18.5. The van der Waals surface area contributed by atoms with E-state index < -0.39 is 5.97 Å². The van der Waals surface area contributed by atoms with Gasteiger partial charge in [0.15, 0.2) is 11.5 Å². The molecule has 0 atom stereocenters. The molecule has 7 heteroatoms. The second-order valence-corrected chi connectivity index (χ2v) is 7.86. The third kappa shape index (κ3) is 4.07. The summed E-state index contributed by atoms with van der Waals surface area (Å²) < 4.78 is 21.6. The van der Waals surface area contributed by atoms with Crippen LogP contribution in [0.25, 0.3) is 6.08 Å². The van der Waals surface area contributed by atoms with Crippen LogP contribution in [0.4, 0.5) is 0 Å². The van der Waals surface area contributed by atoms with Crippen molar-refractivity contribution < 1.29 is 28.5 Å². The Labute approximate surface area is 189 Å². The van der Waals surface area contributed by atoms with E-state index in [4.69, 9.17) is 18.9 Å². The lowest BCUT2D eigenvalue weighted by atomic mass is 10.1. The molecule has 0 saturated carbocycles. The molecule has 0 fully saturated rings. The molecule has 0 aliphatic carbocycles. The fourth-order valence-electron chi connectivity index (χ4n) is 3.33. The summed E-state index contributed by atoms with van der Waals surface area (Å²) in [5.74, 6) is 0.774. The number of allylic oxidation sites excluding steroid dienone is 1. The normalized spacial score (nSPS) is 13.6. The number of fused-ring (bicyclic) bond motifs is 1. The number of thioether (sulfide) groups is 1. The van der Waals surface area contributed by atoms with Crippen LogP contribution in [-0.2, 0) is 0 Å². The van der Waals surface area contributed by atoms with Crippen LogP contribution in [0.15, 0.2) is 70.5 Å². The number of ketones is 1. The Bertz CT molecular complexity index is 1210. The number of benzene rings is 3. The van der Waals surface area contributed by atoms with Crippen molar-refractivity contribution in [1.82, 2.24) is 0 Å². The highest BCUT2D eigenvalue weighted by Crippen LogP contribution is 2.42. The monoisotopic (exact) mass is 448 g/mol. The van der Waals surface area contributed by atoms with Crippen LogP contribution in [0.3, 0.4) is 0 Å². The number of hydrogen-bond acceptors (Lipinski definition) is 7. The van der Waals surface area contributed by atoms with Gasteiger partial charge in [-0.25, -0.2) is 4.79 Å². The number of esters is 1. The number of methoxy groups -OCH3 is 3. The first kappa shape index (κ1) is 21.5. The van der Waals surface area contributed by atoms with Gasteiger partial charge in [0.05, 0.1) is 31.8 Å². The van der Waals surface area contributed by atoms with E-state index in [-0.39, 0.29) is 11.3 Å². The highest BCUT2D eigenvalue weighted by Gasteiger charge is 2.26. The Hall–Kier alpha value is -3.71. The average Bonchev–Trinajstić information content (AvgIpc) is 3.14. The van der Waals surface area contributed by atoms with Crippen molar-refractivity contribution in [2.24, 2.45) is 0 Å². The molecule has 0 unspecified atom stereocenters. The highest BCUT2D eigenvalue weighted by molar-refractivity contribution is 8.04. The van der Waals surface area contributed by atoms with Gasteiger partial charge in [0, 0.05) is 16.0 Å². The summed E-state index contributed by atoms with van der Waals surface area (Å²) >= 11 is 1.40. The van der Waals surface area contributed by atoms with Gasteiger partial charge in [-0.2, -0.15) is 0 Å². The van der Waals surface area contributed by atoms with E-state index in [0.717, 1.165) is 4.90 Å². The number of ether oxygens (including phenoxy) is 4. The molecule has 0 amide bonds. The van der Waals surface area contributed by atoms with E-state index in [9.17, 15) is 9.59 Å². The standard InChI is InChI=1S/C25H20O6S/c1-28-19-12-16(13-20(29-2)24(19)30-3)25(27)31-18-10-6-4-8-15(18)14-22-23(26)17-9-5-7-11-21(17)32-22/h4-14H,1-3H3/b22-14-. The van der Waals surface area contributed by atoms with E-state index in [1.165, 1.54) is 45.2 Å².